The Balaban J connectivity index is 1.63. The average molecular weight is 226 g/mol. The van der Waals surface area contributed by atoms with Crippen LogP contribution in [-0.4, -0.2) is 32.3 Å². The Hall–Kier alpha value is -0.120. The highest BCUT2D eigenvalue weighted by molar-refractivity contribution is 4.80. The molecule has 0 aromatic heterocycles. The molecule has 94 valence electrons. The van der Waals surface area contributed by atoms with Crippen LogP contribution in [0.5, 0.6) is 0 Å². The van der Waals surface area contributed by atoms with Crippen molar-refractivity contribution < 1.29 is 4.74 Å². The van der Waals surface area contributed by atoms with Crippen molar-refractivity contribution in [1.29, 1.82) is 0 Å². The van der Waals surface area contributed by atoms with Crippen molar-refractivity contribution in [2.45, 2.75) is 44.6 Å². The molecule has 0 amide bonds. The Kier molecular flexibility index (Phi) is 5.07. The highest BCUT2D eigenvalue weighted by Gasteiger charge is 2.23. The lowest BCUT2D eigenvalue weighted by Gasteiger charge is -2.31. The van der Waals surface area contributed by atoms with Crippen LogP contribution in [0, 0.1) is 11.8 Å². The normalized spacial score (nSPS) is 28.7. The molecule has 0 bridgehead atoms. The summed E-state index contributed by atoms with van der Waals surface area (Å²) in [6, 6.07) is 0.473. The van der Waals surface area contributed by atoms with Gasteiger partial charge in [0.25, 0.3) is 0 Å². The van der Waals surface area contributed by atoms with Gasteiger partial charge in [-0.15, -0.1) is 0 Å². The van der Waals surface area contributed by atoms with E-state index in [9.17, 15) is 0 Å². The molecule has 2 atom stereocenters. The molecule has 0 spiro atoms. The summed E-state index contributed by atoms with van der Waals surface area (Å²) >= 11 is 0. The van der Waals surface area contributed by atoms with E-state index in [0.29, 0.717) is 12.0 Å². The van der Waals surface area contributed by atoms with Crippen LogP contribution < -0.4 is 11.1 Å². The van der Waals surface area contributed by atoms with Crippen LogP contribution >= 0.6 is 0 Å². The Morgan fingerprint density at radius 1 is 1.25 bits per heavy atom. The van der Waals surface area contributed by atoms with E-state index in [1.165, 1.54) is 38.5 Å². The molecule has 1 heterocycles. The van der Waals surface area contributed by atoms with Crippen molar-refractivity contribution in [3.05, 3.63) is 0 Å². The minimum absolute atomic E-state index is 0.473. The smallest absolute Gasteiger partial charge is 0.0509 e. The van der Waals surface area contributed by atoms with Crippen LogP contribution in [0.1, 0.15) is 38.5 Å². The average Bonchev–Trinajstić information content (AvgIpc) is 2.28. The Bertz CT molecular complexity index is 188. The molecule has 16 heavy (non-hydrogen) atoms. The first-order valence-electron chi connectivity index (χ1n) is 6.91. The number of ether oxygens (including phenoxy) is 1. The zero-order chi connectivity index (χ0) is 11.2. The van der Waals surface area contributed by atoms with Gasteiger partial charge in [-0.3, -0.25) is 0 Å². The van der Waals surface area contributed by atoms with Gasteiger partial charge in [0.05, 0.1) is 6.61 Å². The molecule has 0 radical (unpaired) electrons. The van der Waals surface area contributed by atoms with Crippen LogP contribution in [0.15, 0.2) is 0 Å². The molecule has 0 aromatic rings. The second-order valence-electron chi connectivity index (χ2n) is 5.36. The van der Waals surface area contributed by atoms with Crippen molar-refractivity contribution in [1.82, 2.24) is 5.32 Å². The topological polar surface area (TPSA) is 47.3 Å². The maximum absolute atomic E-state index is 5.85. The van der Waals surface area contributed by atoms with E-state index in [1.54, 1.807) is 0 Å². The van der Waals surface area contributed by atoms with E-state index < -0.39 is 0 Å². The van der Waals surface area contributed by atoms with Gasteiger partial charge in [0, 0.05) is 19.2 Å². The predicted molar refractivity (Wildman–Crippen MR) is 66.3 cm³/mol. The van der Waals surface area contributed by atoms with Gasteiger partial charge in [-0.1, -0.05) is 19.3 Å². The largest absolute Gasteiger partial charge is 0.381 e. The van der Waals surface area contributed by atoms with E-state index in [1.807, 2.05) is 0 Å². The second kappa shape index (κ2) is 6.58. The summed E-state index contributed by atoms with van der Waals surface area (Å²) in [5.41, 5.74) is 5.85. The lowest BCUT2D eigenvalue weighted by molar-refractivity contribution is 0.0402. The van der Waals surface area contributed by atoms with Gasteiger partial charge in [-0.05, 0) is 37.6 Å². The molecule has 1 aliphatic carbocycles. The van der Waals surface area contributed by atoms with E-state index >= 15 is 0 Å². The predicted octanol–water partition coefficient (Wildman–Crippen LogP) is 1.52. The summed E-state index contributed by atoms with van der Waals surface area (Å²) in [6.07, 6.45) is 8.15. The minimum Gasteiger partial charge on any atom is -0.381 e. The third-order valence-corrected chi connectivity index (χ3v) is 4.20. The van der Waals surface area contributed by atoms with E-state index in [0.717, 1.165) is 32.2 Å². The van der Waals surface area contributed by atoms with Gasteiger partial charge in [-0.2, -0.15) is 0 Å². The monoisotopic (exact) mass is 226 g/mol. The molecular formula is C13H26N2O. The van der Waals surface area contributed by atoms with Crippen molar-refractivity contribution in [3.63, 3.8) is 0 Å². The molecule has 3 heteroatoms. The van der Waals surface area contributed by atoms with Crippen LogP contribution in [0.3, 0.4) is 0 Å². The van der Waals surface area contributed by atoms with Gasteiger partial charge >= 0.3 is 0 Å². The van der Waals surface area contributed by atoms with Gasteiger partial charge in [0.2, 0.25) is 0 Å². The van der Waals surface area contributed by atoms with Crippen molar-refractivity contribution >= 4 is 0 Å². The third-order valence-electron chi connectivity index (χ3n) is 4.20. The van der Waals surface area contributed by atoms with Crippen molar-refractivity contribution in [2.24, 2.45) is 17.6 Å². The van der Waals surface area contributed by atoms with Gasteiger partial charge in [0.15, 0.2) is 0 Å². The molecule has 2 unspecified atom stereocenters. The number of nitrogens with one attached hydrogen (secondary N) is 1. The van der Waals surface area contributed by atoms with Crippen LogP contribution in [0.4, 0.5) is 0 Å². The molecule has 1 aliphatic heterocycles. The second-order valence-corrected chi connectivity index (χ2v) is 5.36. The first kappa shape index (κ1) is 12.3. The molecular weight excluding hydrogens is 200 g/mol. The quantitative estimate of drug-likeness (QED) is 0.722. The van der Waals surface area contributed by atoms with Crippen LogP contribution in [0.2, 0.25) is 0 Å². The Morgan fingerprint density at radius 3 is 2.69 bits per heavy atom. The maximum Gasteiger partial charge on any atom is 0.0509 e. The fraction of sp³-hybridized carbons (Fsp3) is 1.00. The zero-order valence-electron chi connectivity index (χ0n) is 10.3. The molecule has 0 aromatic carbocycles. The third kappa shape index (κ3) is 3.44. The first-order valence-corrected chi connectivity index (χ1v) is 6.91. The standard InChI is InChI=1S/C13H26N2O/c14-9-13(12-5-2-8-16-10-12)15-7-6-11-3-1-4-11/h11-13,15H,1-10,14H2. The lowest BCUT2D eigenvalue weighted by Crippen LogP contribution is -2.45. The summed E-state index contributed by atoms with van der Waals surface area (Å²) in [6.45, 7) is 3.73. The summed E-state index contributed by atoms with van der Waals surface area (Å²) in [5, 5.41) is 3.63. The number of rotatable bonds is 6. The number of nitrogens with two attached hydrogens (primary N) is 1. The van der Waals surface area contributed by atoms with E-state index in [-0.39, 0.29) is 0 Å². The summed E-state index contributed by atoms with van der Waals surface area (Å²) in [7, 11) is 0. The highest BCUT2D eigenvalue weighted by Crippen LogP contribution is 2.28. The van der Waals surface area contributed by atoms with Crippen LogP contribution in [0.25, 0.3) is 0 Å². The highest BCUT2D eigenvalue weighted by atomic mass is 16.5. The summed E-state index contributed by atoms with van der Waals surface area (Å²) in [4.78, 5) is 0. The minimum atomic E-state index is 0.473. The summed E-state index contributed by atoms with van der Waals surface area (Å²) < 4.78 is 5.53. The van der Waals surface area contributed by atoms with E-state index in [2.05, 4.69) is 5.32 Å². The summed E-state index contributed by atoms with van der Waals surface area (Å²) in [5.74, 6) is 1.63. The van der Waals surface area contributed by atoms with Gasteiger partial charge < -0.3 is 15.8 Å². The van der Waals surface area contributed by atoms with Gasteiger partial charge in [-0.25, -0.2) is 0 Å². The zero-order valence-corrected chi connectivity index (χ0v) is 10.3. The molecule has 1 saturated heterocycles. The first-order chi connectivity index (χ1) is 7.90. The van der Waals surface area contributed by atoms with Crippen molar-refractivity contribution in [2.75, 3.05) is 26.3 Å². The molecule has 2 rings (SSSR count). The molecule has 3 N–H and O–H groups in total. The number of hydrogen-bond donors (Lipinski definition) is 2. The molecule has 1 saturated carbocycles. The van der Waals surface area contributed by atoms with Crippen LogP contribution in [-0.2, 0) is 4.74 Å². The molecule has 2 fully saturated rings. The fourth-order valence-corrected chi connectivity index (χ4v) is 2.78. The van der Waals surface area contributed by atoms with Gasteiger partial charge in [0.1, 0.15) is 0 Å². The molecule has 3 nitrogen and oxygen atoms in total. The lowest BCUT2D eigenvalue weighted by atomic mass is 9.83. The Morgan fingerprint density at radius 2 is 2.12 bits per heavy atom. The SMILES string of the molecule is NCC(NCCC1CCC1)C1CCCOC1. The Labute approximate surface area is 99.1 Å². The van der Waals surface area contributed by atoms with E-state index in [4.69, 9.17) is 10.5 Å². The van der Waals surface area contributed by atoms with Crippen molar-refractivity contribution in [3.8, 4) is 0 Å². The maximum atomic E-state index is 5.85. The number of hydrogen-bond acceptors (Lipinski definition) is 3. The molecule has 2 aliphatic rings. The fourth-order valence-electron chi connectivity index (χ4n) is 2.78.